The smallest absolute Gasteiger partial charge is 0.169 e. The van der Waals surface area contributed by atoms with Crippen LogP contribution in [0.3, 0.4) is 0 Å². The lowest BCUT2D eigenvalue weighted by molar-refractivity contribution is 0.0946. The largest absolute Gasteiger partial charge is 0.382 e. The van der Waals surface area contributed by atoms with Crippen molar-refractivity contribution in [2.75, 3.05) is 7.11 Å². The molecular weight excluding hydrogens is 202 g/mol. The van der Waals surface area contributed by atoms with Crippen LogP contribution in [0.15, 0.2) is 10.2 Å². The molecule has 16 heavy (non-hydrogen) atoms. The van der Waals surface area contributed by atoms with Gasteiger partial charge in [0, 0.05) is 13.5 Å². The van der Waals surface area contributed by atoms with E-state index in [0.29, 0.717) is 12.8 Å². The highest BCUT2D eigenvalue weighted by atomic mass is 16.5. The van der Waals surface area contributed by atoms with Gasteiger partial charge < -0.3 is 4.74 Å². The van der Waals surface area contributed by atoms with Crippen LogP contribution in [0.5, 0.6) is 0 Å². The lowest BCUT2D eigenvalue weighted by Gasteiger charge is -2.23. The molecule has 0 aliphatic heterocycles. The van der Waals surface area contributed by atoms with Gasteiger partial charge in [-0.1, -0.05) is 6.92 Å². The molecule has 0 aromatic rings. The van der Waals surface area contributed by atoms with Crippen LogP contribution in [0.4, 0.5) is 0 Å². The predicted molar refractivity (Wildman–Crippen MR) is 64.3 cm³/mol. The summed E-state index contributed by atoms with van der Waals surface area (Å²) < 4.78 is 5.19. The molecule has 0 fully saturated rings. The molecule has 2 unspecified atom stereocenters. The zero-order chi connectivity index (χ0) is 12.8. The number of nitriles is 1. The number of hydrogen-bond acceptors (Lipinski definition) is 4. The van der Waals surface area contributed by atoms with Gasteiger partial charge in [-0.05, 0) is 34.1 Å². The number of rotatable bonds is 5. The van der Waals surface area contributed by atoms with Gasteiger partial charge in [0.1, 0.15) is 0 Å². The summed E-state index contributed by atoms with van der Waals surface area (Å²) in [4.78, 5) is 0. The fourth-order valence-electron chi connectivity index (χ4n) is 1.21. The number of azo groups is 1. The lowest BCUT2D eigenvalue weighted by atomic mass is 9.92. The Morgan fingerprint density at radius 2 is 1.88 bits per heavy atom. The summed E-state index contributed by atoms with van der Waals surface area (Å²) in [5.74, 6) is 0. The maximum absolute atomic E-state index is 9.26. The summed E-state index contributed by atoms with van der Waals surface area (Å²) in [5.41, 5.74) is -0.990. The highest BCUT2D eigenvalue weighted by molar-refractivity contribution is 5.07. The van der Waals surface area contributed by atoms with Crippen LogP contribution in [0, 0.1) is 11.3 Å². The van der Waals surface area contributed by atoms with Gasteiger partial charge in [-0.2, -0.15) is 15.5 Å². The molecule has 2 atom stereocenters. The summed E-state index contributed by atoms with van der Waals surface area (Å²) >= 11 is 0. The molecule has 0 saturated carbocycles. The van der Waals surface area contributed by atoms with Crippen molar-refractivity contribution in [1.29, 1.82) is 5.26 Å². The van der Waals surface area contributed by atoms with E-state index in [4.69, 9.17) is 4.74 Å². The standard InChI is InChI=1S/C12H23N3O/c1-7-12(9-13,8-10(2)16-6)15-14-11(3,4)5/h10H,7-8H2,1-6H3. The molecule has 0 rings (SSSR count). The molecule has 0 aromatic heterocycles. The average molecular weight is 225 g/mol. The molecule has 4 heteroatoms. The van der Waals surface area contributed by atoms with E-state index >= 15 is 0 Å². The minimum Gasteiger partial charge on any atom is -0.382 e. The summed E-state index contributed by atoms with van der Waals surface area (Å²) in [6.45, 7) is 9.79. The van der Waals surface area contributed by atoms with Crippen molar-refractivity contribution in [1.82, 2.24) is 0 Å². The molecule has 0 amide bonds. The van der Waals surface area contributed by atoms with Gasteiger partial charge in [0.25, 0.3) is 0 Å². The van der Waals surface area contributed by atoms with Crippen molar-refractivity contribution < 1.29 is 4.74 Å². The third-order valence-corrected chi connectivity index (χ3v) is 2.36. The van der Waals surface area contributed by atoms with Crippen LogP contribution in [-0.4, -0.2) is 24.3 Å². The van der Waals surface area contributed by atoms with Crippen LogP contribution < -0.4 is 0 Å². The Balaban J connectivity index is 4.84. The summed E-state index contributed by atoms with van der Waals surface area (Å²) in [6.07, 6.45) is 1.24. The first kappa shape index (κ1) is 15.0. The van der Waals surface area contributed by atoms with Crippen molar-refractivity contribution in [3.05, 3.63) is 0 Å². The van der Waals surface area contributed by atoms with Gasteiger partial charge in [0.05, 0.1) is 17.7 Å². The molecule has 0 saturated heterocycles. The Bertz CT molecular complexity index is 275. The third-order valence-electron chi connectivity index (χ3n) is 2.36. The molecule has 0 heterocycles. The first-order chi connectivity index (χ1) is 7.28. The molecule has 0 aliphatic carbocycles. The summed E-state index contributed by atoms with van der Waals surface area (Å²) in [5, 5.41) is 17.7. The number of hydrogen-bond donors (Lipinski definition) is 0. The Morgan fingerprint density at radius 1 is 1.31 bits per heavy atom. The zero-order valence-electron chi connectivity index (χ0n) is 11.2. The van der Waals surface area contributed by atoms with Crippen LogP contribution >= 0.6 is 0 Å². The quantitative estimate of drug-likeness (QED) is 0.674. The van der Waals surface area contributed by atoms with Crippen LogP contribution in [-0.2, 0) is 4.74 Å². The fourth-order valence-corrected chi connectivity index (χ4v) is 1.21. The second-order valence-electron chi connectivity index (χ2n) is 5.12. The average Bonchev–Trinajstić information content (AvgIpc) is 2.23. The van der Waals surface area contributed by atoms with Crippen molar-refractivity contribution in [2.24, 2.45) is 10.2 Å². The normalized spacial score (nSPS) is 18.1. The van der Waals surface area contributed by atoms with E-state index in [-0.39, 0.29) is 11.6 Å². The SMILES string of the molecule is CCC(C#N)(CC(C)OC)N=NC(C)(C)C. The van der Waals surface area contributed by atoms with Gasteiger partial charge in [-0.15, -0.1) is 0 Å². The Kier molecular flexibility index (Phi) is 5.60. The fraction of sp³-hybridized carbons (Fsp3) is 0.917. The third kappa shape index (κ3) is 5.22. The minimum absolute atomic E-state index is 0.0125. The Labute approximate surface area is 98.7 Å². The monoisotopic (exact) mass is 225 g/mol. The summed E-state index contributed by atoms with van der Waals surface area (Å²) in [7, 11) is 1.64. The maximum Gasteiger partial charge on any atom is 0.169 e. The highest BCUT2D eigenvalue weighted by Crippen LogP contribution is 2.25. The van der Waals surface area contributed by atoms with Crippen LogP contribution in [0.25, 0.3) is 0 Å². The topological polar surface area (TPSA) is 57.7 Å². The van der Waals surface area contributed by atoms with Gasteiger partial charge in [-0.25, -0.2) is 0 Å². The zero-order valence-corrected chi connectivity index (χ0v) is 11.2. The highest BCUT2D eigenvalue weighted by Gasteiger charge is 2.31. The first-order valence-corrected chi connectivity index (χ1v) is 5.66. The van der Waals surface area contributed by atoms with Crippen LogP contribution in [0.1, 0.15) is 47.5 Å². The van der Waals surface area contributed by atoms with Gasteiger partial charge in [0.2, 0.25) is 0 Å². The van der Waals surface area contributed by atoms with Gasteiger partial charge >= 0.3 is 0 Å². The molecule has 0 aromatic carbocycles. The van der Waals surface area contributed by atoms with E-state index in [9.17, 15) is 5.26 Å². The van der Waals surface area contributed by atoms with Crippen molar-refractivity contribution >= 4 is 0 Å². The van der Waals surface area contributed by atoms with Gasteiger partial charge in [0.15, 0.2) is 5.54 Å². The van der Waals surface area contributed by atoms with Crippen LogP contribution in [0.2, 0.25) is 0 Å². The molecule has 92 valence electrons. The molecule has 0 N–H and O–H groups in total. The number of methoxy groups -OCH3 is 1. The molecule has 0 aliphatic rings. The van der Waals surface area contributed by atoms with E-state index in [1.54, 1.807) is 7.11 Å². The first-order valence-electron chi connectivity index (χ1n) is 5.66. The Hall–Kier alpha value is -0.950. The molecule has 0 radical (unpaired) electrons. The Morgan fingerprint density at radius 3 is 2.19 bits per heavy atom. The molecule has 4 nitrogen and oxygen atoms in total. The van der Waals surface area contributed by atoms with E-state index in [1.807, 2.05) is 34.6 Å². The number of nitrogens with zero attached hydrogens (tertiary/aromatic N) is 3. The molecule has 0 spiro atoms. The number of ether oxygens (including phenoxy) is 1. The predicted octanol–water partition coefficient (Wildman–Crippen LogP) is 3.33. The van der Waals surface area contributed by atoms with Crippen molar-refractivity contribution in [2.45, 2.75) is 64.6 Å². The van der Waals surface area contributed by atoms with E-state index in [1.165, 1.54) is 0 Å². The van der Waals surface area contributed by atoms with Crippen molar-refractivity contribution in [3.63, 3.8) is 0 Å². The van der Waals surface area contributed by atoms with E-state index < -0.39 is 5.54 Å². The van der Waals surface area contributed by atoms with Gasteiger partial charge in [-0.3, -0.25) is 0 Å². The molecular formula is C12H23N3O. The van der Waals surface area contributed by atoms with E-state index in [0.717, 1.165) is 0 Å². The summed E-state index contributed by atoms with van der Waals surface area (Å²) in [6, 6.07) is 2.26. The molecule has 0 bridgehead atoms. The lowest BCUT2D eigenvalue weighted by Crippen LogP contribution is -2.29. The minimum atomic E-state index is -0.747. The second kappa shape index (κ2) is 5.95. The van der Waals surface area contributed by atoms with E-state index in [2.05, 4.69) is 16.3 Å². The second-order valence-corrected chi connectivity index (χ2v) is 5.12. The maximum atomic E-state index is 9.26. The van der Waals surface area contributed by atoms with Crippen molar-refractivity contribution in [3.8, 4) is 6.07 Å².